The highest BCUT2D eigenvalue weighted by Gasteiger charge is 2.20. The highest BCUT2D eigenvalue weighted by Crippen LogP contribution is 2.15. The van der Waals surface area contributed by atoms with Crippen LogP contribution in [0.2, 0.25) is 0 Å². The van der Waals surface area contributed by atoms with Crippen LogP contribution in [0, 0.1) is 0 Å². The average molecular weight is 495 g/mol. The van der Waals surface area contributed by atoms with Crippen molar-refractivity contribution in [3.8, 4) is 0 Å². The third-order valence-corrected chi connectivity index (χ3v) is 5.77. The van der Waals surface area contributed by atoms with E-state index in [1.807, 2.05) is 50.2 Å². The van der Waals surface area contributed by atoms with E-state index >= 15 is 0 Å². The molecule has 5 heteroatoms. The molecular weight excluding hydrogens is 464 g/mol. The zero-order valence-corrected chi connectivity index (χ0v) is 20.9. The zero-order valence-electron chi connectivity index (χ0n) is 20.9. The summed E-state index contributed by atoms with van der Waals surface area (Å²) in [5, 5.41) is 0. The molecule has 0 fully saturated rings. The van der Waals surface area contributed by atoms with Crippen LogP contribution in [0.1, 0.15) is 66.4 Å². The lowest BCUT2D eigenvalue weighted by atomic mass is 9.96. The Morgan fingerprint density at radius 3 is 1.05 bits per heavy atom. The molecule has 0 saturated carbocycles. The molecule has 0 aliphatic heterocycles. The summed E-state index contributed by atoms with van der Waals surface area (Å²) in [7, 11) is 0. The molecule has 0 aromatic heterocycles. The van der Waals surface area contributed by atoms with Crippen molar-refractivity contribution in [2.45, 2.75) is 26.7 Å². The van der Waals surface area contributed by atoms with E-state index in [1.165, 1.54) is 0 Å². The van der Waals surface area contributed by atoms with E-state index in [0.717, 1.165) is 24.0 Å². The van der Waals surface area contributed by atoms with E-state index in [9.17, 15) is 19.2 Å². The Morgan fingerprint density at radius 1 is 0.432 bits per heavy atom. The van der Waals surface area contributed by atoms with Crippen LogP contribution >= 0.6 is 0 Å². The van der Waals surface area contributed by atoms with Crippen LogP contribution in [-0.4, -0.2) is 28.6 Å². The first-order chi connectivity index (χ1) is 17.5. The van der Waals surface area contributed by atoms with Gasteiger partial charge in [0.1, 0.15) is 0 Å². The Kier molecular flexibility index (Phi) is 11.0. The number of Topliss-reactive ketones (excluding diaryl/α,β-unsaturated/α-hetero) is 4. The van der Waals surface area contributed by atoms with Gasteiger partial charge in [0.05, 0.1) is 0 Å². The molecule has 0 unspecified atom stereocenters. The second-order valence-corrected chi connectivity index (χ2v) is 8.07. The number of benzene rings is 4. The van der Waals surface area contributed by atoms with Gasteiger partial charge in [0, 0.05) is 22.3 Å². The third kappa shape index (κ3) is 7.26. The summed E-state index contributed by atoms with van der Waals surface area (Å²) >= 11 is 0. The Balaban J connectivity index is 0.000000253. The number of ketones is 4. The molecule has 0 amide bonds. The molecule has 0 aliphatic rings. The van der Waals surface area contributed by atoms with Gasteiger partial charge in [0.15, 0.2) is 0 Å². The van der Waals surface area contributed by atoms with Gasteiger partial charge in [-0.05, 0) is 24.0 Å². The van der Waals surface area contributed by atoms with E-state index in [1.54, 1.807) is 72.8 Å². The second-order valence-electron chi connectivity index (χ2n) is 8.07. The Bertz CT molecular complexity index is 1250. The van der Waals surface area contributed by atoms with Crippen molar-refractivity contribution in [3.63, 3.8) is 0 Å². The van der Waals surface area contributed by atoms with Crippen LogP contribution in [0.5, 0.6) is 0 Å². The maximum absolute atomic E-state index is 12.2. The standard InChI is InChI=1S/2C16H14O2.H2O/c2*1-2-12-8-6-7-11-14(12)16(18)15(17)13-9-4-3-5-10-13;/h2*3-11H,2H2,1H3;1H2. The van der Waals surface area contributed by atoms with Crippen LogP contribution in [0.3, 0.4) is 0 Å². The normalized spacial score (nSPS) is 9.78. The molecule has 0 spiro atoms. The molecule has 0 bridgehead atoms. The number of carbonyl (C=O) groups excluding carboxylic acids is 4. The molecule has 0 aliphatic carbocycles. The fourth-order valence-corrected chi connectivity index (χ4v) is 3.79. The lowest BCUT2D eigenvalue weighted by Crippen LogP contribution is -2.16. The van der Waals surface area contributed by atoms with Crippen molar-refractivity contribution in [1.82, 2.24) is 0 Å². The van der Waals surface area contributed by atoms with Crippen LogP contribution < -0.4 is 0 Å². The van der Waals surface area contributed by atoms with Crippen LogP contribution in [0.4, 0.5) is 0 Å². The van der Waals surface area contributed by atoms with Gasteiger partial charge in [-0.2, -0.15) is 0 Å². The second kappa shape index (κ2) is 14.2. The van der Waals surface area contributed by atoms with Crippen molar-refractivity contribution >= 4 is 23.1 Å². The summed E-state index contributed by atoms with van der Waals surface area (Å²) in [6, 6.07) is 31.8. The minimum atomic E-state index is -0.448. The van der Waals surface area contributed by atoms with E-state index in [-0.39, 0.29) is 5.48 Å². The molecule has 4 rings (SSSR count). The van der Waals surface area contributed by atoms with E-state index in [0.29, 0.717) is 22.3 Å². The fourth-order valence-electron chi connectivity index (χ4n) is 3.79. The van der Waals surface area contributed by atoms with Gasteiger partial charge in [-0.1, -0.05) is 123 Å². The summed E-state index contributed by atoms with van der Waals surface area (Å²) in [5.41, 5.74) is 3.71. The predicted molar refractivity (Wildman–Crippen MR) is 145 cm³/mol. The molecule has 0 radical (unpaired) electrons. The quantitative estimate of drug-likeness (QED) is 0.228. The molecule has 4 aromatic carbocycles. The van der Waals surface area contributed by atoms with Gasteiger partial charge >= 0.3 is 0 Å². The molecule has 0 heterocycles. The van der Waals surface area contributed by atoms with Crippen molar-refractivity contribution < 1.29 is 24.7 Å². The van der Waals surface area contributed by atoms with Crippen molar-refractivity contribution in [2.75, 3.05) is 0 Å². The minimum absolute atomic E-state index is 0. The van der Waals surface area contributed by atoms with Gasteiger partial charge in [0.2, 0.25) is 23.1 Å². The Hall–Kier alpha value is -4.48. The number of hydrogen-bond acceptors (Lipinski definition) is 4. The summed E-state index contributed by atoms with van der Waals surface area (Å²) < 4.78 is 0. The Labute approximate surface area is 217 Å². The van der Waals surface area contributed by atoms with Gasteiger partial charge in [-0.25, -0.2) is 0 Å². The maximum atomic E-state index is 12.2. The smallest absolute Gasteiger partial charge is 0.233 e. The zero-order chi connectivity index (χ0) is 25.9. The number of hydrogen-bond donors (Lipinski definition) is 0. The first kappa shape index (κ1) is 28.8. The van der Waals surface area contributed by atoms with E-state index < -0.39 is 23.1 Å². The summed E-state index contributed by atoms with van der Waals surface area (Å²) in [6.07, 6.45) is 1.48. The maximum Gasteiger partial charge on any atom is 0.233 e. The lowest BCUT2D eigenvalue weighted by molar-refractivity contribution is 0.0816. The number of rotatable bonds is 8. The lowest BCUT2D eigenvalue weighted by Gasteiger charge is -2.05. The summed E-state index contributed by atoms with van der Waals surface area (Å²) in [5.74, 6) is -1.76. The number of carbonyl (C=O) groups is 4. The fraction of sp³-hybridized carbons (Fsp3) is 0.125. The van der Waals surface area contributed by atoms with E-state index in [4.69, 9.17) is 0 Å². The first-order valence-corrected chi connectivity index (χ1v) is 11.9. The highest BCUT2D eigenvalue weighted by atomic mass is 16.2. The molecule has 5 nitrogen and oxygen atoms in total. The monoisotopic (exact) mass is 494 g/mol. The first-order valence-electron chi connectivity index (χ1n) is 11.9. The average Bonchev–Trinajstić information content (AvgIpc) is 2.96. The SMILES string of the molecule is CCc1ccccc1C(=O)C(=O)c1ccccc1.CCc1ccccc1C(=O)C(=O)c1ccccc1.O. The summed E-state index contributed by atoms with van der Waals surface area (Å²) in [4.78, 5) is 48.5. The van der Waals surface area contributed by atoms with Gasteiger partial charge in [-0.3, -0.25) is 19.2 Å². The molecule has 37 heavy (non-hydrogen) atoms. The predicted octanol–water partition coefficient (Wildman–Crippen LogP) is 5.80. The van der Waals surface area contributed by atoms with Gasteiger partial charge in [-0.15, -0.1) is 0 Å². The largest absolute Gasteiger partial charge is 0.412 e. The molecule has 0 atom stereocenters. The third-order valence-electron chi connectivity index (χ3n) is 5.77. The van der Waals surface area contributed by atoms with Crippen molar-refractivity contribution in [3.05, 3.63) is 143 Å². The topological polar surface area (TPSA) is 99.8 Å². The summed E-state index contributed by atoms with van der Waals surface area (Å²) in [6.45, 7) is 3.94. The van der Waals surface area contributed by atoms with E-state index in [2.05, 4.69) is 0 Å². The van der Waals surface area contributed by atoms with Crippen LogP contribution in [0.25, 0.3) is 0 Å². The molecule has 0 saturated heterocycles. The molecule has 2 N–H and O–H groups in total. The molecule has 4 aromatic rings. The minimum Gasteiger partial charge on any atom is -0.412 e. The van der Waals surface area contributed by atoms with Crippen LogP contribution in [0.15, 0.2) is 109 Å². The molecular formula is C32H30O5. The van der Waals surface area contributed by atoms with Crippen molar-refractivity contribution in [1.29, 1.82) is 0 Å². The Morgan fingerprint density at radius 2 is 0.730 bits per heavy atom. The number of aryl methyl sites for hydroxylation is 2. The van der Waals surface area contributed by atoms with Gasteiger partial charge < -0.3 is 5.48 Å². The van der Waals surface area contributed by atoms with Crippen molar-refractivity contribution in [2.24, 2.45) is 0 Å². The van der Waals surface area contributed by atoms with Gasteiger partial charge in [0.25, 0.3) is 0 Å². The van der Waals surface area contributed by atoms with Crippen LogP contribution in [-0.2, 0) is 12.8 Å². The molecule has 188 valence electrons. The highest BCUT2D eigenvalue weighted by molar-refractivity contribution is 6.50.